The van der Waals surface area contributed by atoms with E-state index in [1.165, 1.54) is 0 Å². The van der Waals surface area contributed by atoms with Crippen LogP contribution in [0, 0.1) is 0 Å². The molecule has 0 aliphatic carbocycles. The van der Waals surface area contributed by atoms with Gasteiger partial charge in [-0.05, 0) is 48.6 Å². The molecule has 1 aliphatic rings. The molecule has 2 aromatic carbocycles. The lowest BCUT2D eigenvalue weighted by atomic mass is 10.2. The van der Waals surface area contributed by atoms with Gasteiger partial charge in [-0.1, -0.05) is 36.4 Å². The van der Waals surface area contributed by atoms with Gasteiger partial charge in [0.25, 0.3) is 11.8 Å². The Labute approximate surface area is 186 Å². The Morgan fingerprint density at radius 1 is 0.839 bits per heavy atom. The summed E-state index contributed by atoms with van der Waals surface area (Å²) in [5.74, 6) is -0.569. The first-order chi connectivity index (χ1) is 15.1. The highest BCUT2D eigenvalue weighted by Gasteiger charge is 2.10. The third kappa shape index (κ3) is 7.45. The molecule has 0 spiro atoms. The molecule has 0 saturated carbocycles. The van der Waals surface area contributed by atoms with E-state index in [1.54, 1.807) is 66.8 Å². The van der Waals surface area contributed by atoms with Crippen molar-refractivity contribution >= 4 is 40.5 Å². The van der Waals surface area contributed by atoms with Crippen LogP contribution in [0.2, 0.25) is 0 Å². The number of nitrogens with one attached hydrogen (secondary N) is 3. The Morgan fingerprint density at radius 2 is 1.55 bits per heavy atom. The van der Waals surface area contributed by atoms with E-state index in [4.69, 9.17) is 21.7 Å². The van der Waals surface area contributed by atoms with Crippen molar-refractivity contribution in [2.75, 3.05) is 37.1 Å². The first-order valence-electron chi connectivity index (χ1n) is 9.73. The molecular formula is C23H23N3O4S. The Kier molecular flexibility index (Phi) is 8.48. The van der Waals surface area contributed by atoms with Gasteiger partial charge in [0.05, 0.1) is 26.4 Å². The van der Waals surface area contributed by atoms with Gasteiger partial charge in [-0.3, -0.25) is 14.9 Å². The van der Waals surface area contributed by atoms with Gasteiger partial charge in [-0.2, -0.15) is 0 Å². The van der Waals surface area contributed by atoms with Gasteiger partial charge < -0.3 is 20.1 Å². The molecule has 0 fully saturated rings. The Morgan fingerprint density at radius 3 is 2.32 bits per heavy atom. The molecular weight excluding hydrogens is 414 g/mol. The van der Waals surface area contributed by atoms with Crippen LogP contribution in [0.5, 0.6) is 0 Å². The summed E-state index contributed by atoms with van der Waals surface area (Å²) in [4.78, 5) is 24.8. The quantitative estimate of drug-likeness (QED) is 0.637. The van der Waals surface area contributed by atoms with Crippen molar-refractivity contribution in [3.8, 4) is 0 Å². The third-order valence-corrected chi connectivity index (χ3v) is 4.41. The van der Waals surface area contributed by atoms with Crippen LogP contribution in [0.1, 0.15) is 10.4 Å². The molecule has 0 radical (unpaired) electrons. The maximum atomic E-state index is 12.5. The first-order valence-corrected chi connectivity index (χ1v) is 10.1. The molecule has 1 aliphatic heterocycles. The lowest BCUT2D eigenvalue weighted by Crippen LogP contribution is -2.35. The third-order valence-electron chi connectivity index (χ3n) is 4.21. The smallest absolute Gasteiger partial charge is 0.257 e. The van der Waals surface area contributed by atoms with Crippen LogP contribution in [0.25, 0.3) is 0 Å². The minimum absolute atomic E-state index is 0.139. The Hall–Kier alpha value is -3.33. The number of ether oxygens (including phenoxy) is 2. The number of carbonyl (C=O) groups excluding carboxylic acids is 2. The monoisotopic (exact) mass is 437 g/mol. The van der Waals surface area contributed by atoms with E-state index in [-0.39, 0.29) is 16.9 Å². The van der Waals surface area contributed by atoms with E-state index >= 15 is 0 Å². The van der Waals surface area contributed by atoms with Gasteiger partial charge in [-0.15, -0.1) is 0 Å². The summed E-state index contributed by atoms with van der Waals surface area (Å²) in [6, 6.07) is 16.0. The largest absolute Gasteiger partial charge is 0.375 e. The molecule has 3 N–H and O–H groups in total. The van der Waals surface area contributed by atoms with Crippen molar-refractivity contribution in [1.29, 1.82) is 0 Å². The maximum Gasteiger partial charge on any atom is 0.257 e. The molecule has 31 heavy (non-hydrogen) atoms. The van der Waals surface area contributed by atoms with Crippen molar-refractivity contribution in [3.05, 3.63) is 84.0 Å². The van der Waals surface area contributed by atoms with Crippen molar-refractivity contribution < 1.29 is 19.1 Å². The molecule has 2 aromatic rings. The number of carbonyl (C=O) groups is 2. The van der Waals surface area contributed by atoms with E-state index in [2.05, 4.69) is 16.0 Å². The van der Waals surface area contributed by atoms with Gasteiger partial charge >= 0.3 is 0 Å². The highest BCUT2D eigenvalue weighted by atomic mass is 32.1. The van der Waals surface area contributed by atoms with Crippen LogP contribution in [0.3, 0.4) is 0 Å². The number of rotatable bonds is 4. The van der Waals surface area contributed by atoms with Gasteiger partial charge in [0.1, 0.15) is 0 Å². The fourth-order valence-corrected chi connectivity index (χ4v) is 2.93. The molecule has 0 aromatic heterocycles. The minimum Gasteiger partial charge on any atom is -0.375 e. The van der Waals surface area contributed by atoms with E-state index in [0.717, 1.165) is 0 Å². The van der Waals surface area contributed by atoms with E-state index in [9.17, 15) is 9.59 Å². The summed E-state index contributed by atoms with van der Waals surface area (Å²) in [6.07, 6.45) is 5.14. The lowest BCUT2D eigenvalue weighted by Gasteiger charge is -2.12. The van der Waals surface area contributed by atoms with E-state index in [0.29, 0.717) is 48.9 Å². The highest BCUT2D eigenvalue weighted by Crippen LogP contribution is 2.16. The van der Waals surface area contributed by atoms with Crippen LogP contribution in [-0.2, 0) is 14.3 Å². The molecule has 2 amide bonds. The number of hydrogen-bond acceptors (Lipinski definition) is 5. The molecule has 3 rings (SSSR count). The second-order valence-corrected chi connectivity index (χ2v) is 6.93. The normalized spacial score (nSPS) is 16.8. The number of anilines is 2. The van der Waals surface area contributed by atoms with Gasteiger partial charge in [0, 0.05) is 22.5 Å². The molecule has 1 heterocycles. The Balaban J connectivity index is 1.58. The summed E-state index contributed by atoms with van der Waals surface area (Å²) < 4.78 is 10.7. The van der Waals surface area contributed by atoms with E-state index < -0.39 is 0 Å². The van der Waals surface area contributed by atoms with Crippen LogP contribution in [-0.4, -0.2) is 43.4 Å². The van der Waals surface area contributed by atoms with Crippen LogP contribution < -0.4 is 16.0 Å². The second-order valence-electron chi connectivity index (χ2n) is 6.52. The second kappa shape index (κ2) is 11.8. The zero-order valence-corrected chi connectivity index (χ0v) is 17.6. The number of thiocarbonyl (C=S) groups is 1. The zero-order valence-electron chi connectivity index (χ0n) is 16.8. The fourth-order valence-electron chi connectivity index (χ4n) is 2.72. The van der Waals surface area contributed by atoms with Crippen LogP contribution in [0.15, 0.2) is 78.4 Å². The SMILES string of the molecule is O=C(NC(=S)Nc1cccc(NC(=O)c2ccccc2)c1)C1=C/COCCOC/C=C\1. The highest BCUT2D eigenvalue weighted by molar-refractivity contribution is 7.80. The lowest BCUT2D eigenvalue weighted by molar-refractivity contribution is -0.115. The first kappa shape index (κ1) is 22.4. The summed E-state index contributed by atoms with van der Waals surface area (Å²) >= 11 is 5.26. The maximum absolute atomic E-state index is 12.5. The van der Waals surface area contributed by atoms with Crippen molar-refractivity contribution in [1.82, 2.24) is 5.32 Å². The molecule has 0 bridgehead atoms. The zero-order chi connectivity index (χ0) is 21.9. The predicted molar refractivity (Wildman–Crippen MR) is 124 cm³/mol. The Bertz CT molecular complexity index is 989. The average molecular weight is 438 g/mol. The predicted octanol–water partition coefficient (Wildman–Crippen LogP) is 3.28. The summed E-state index contributed by atoms with van der Waals surface area (Å²) in [6.45, 7) is 1.69. The van der Waals surface area contributed by atoms with Gasteiger partial charge in [0.2, 0.25) is 0 Å². The van der Waals surface area contributed by atoms with Crippen LogP contribution in [0.4, 0.5) is 11.4 Å². The summed E-state index contributed by atoms with van der Waals surface area (Å²) in [5.41, 5.74) is 2.22. The number of benzene rings is 2. The standard InChI is InChI=1S/C23H23N3O4S/c27-21(17-6-2-1-3-7-17)24-19-9-4-10-20(16-19)25-23(31)26-22(28)18-8-5-12-29-14-15-30-13-11-18/h1-11,16H,12-15H2,(H,24,27)(H2,25,26,28,31)/b8-5-,18-11+. The molecule has 0 atom stereocenters. The van der Waals surface area contributed by atoms with E-state index in [1.807, 2.05) is 6.07 Å². The average Bonchev–Trinajstić information content (AvgIpc) is 2.78. The molecule has 0 unspecified atom stereocenters. The topological polar surface area (TPSA) is 88.7 Å². The van der Waals surface area contributed by atoms with Crippen LogP contribution >= 0.6 is 12.2 Å². The molecule has 7 nitrogen and oxygen atoms in total. The fraction of sp³-hybridized carbons (Fsp3) is 0.174. The van der Waals surface area contributed by atoms with Crippen molar-refractivity contribution in [2.24, 2.45) is 0 Å². The summed E-state index contributed by atoms with van der Waals surface area (Å²) in [5, 5.41) is 8.58. The van der Waals surface area contributed by atoms with Crippen molar-refractivity contribution in [3.63, 3.8) is 0 Å². The molecule has 160 valence electrons. The van der Waals surface area contributed by atoms with Crippen molar-refractivity contribution in [2.45, 2.75) is 0 Å². The number of hydrogen-bond donors (Lipinski definition) is 3. The molecule has 0 saturated heterocycles. The molecule has 8 heteroatoms. The minimum atomic E-state index is -0.355. The number of amides is 2. The summed E-state index contributed by atoms with van der Waals surface area (Å²) in [7, 11) is 0. The van der Waals surface area contributed by atoms with Gasteiger partial charge in [-0.25, -0.2) is 0 Å². The van der Waals surface area contributed by atoms with Gasteiger partial charge in [0.15, 0.2) is 5.11 Å².